The van der Waals surface area contributed by atoms with Gasteiger partial charge in [0, 0.05) is 69.3 Å². The summed E-state index contributed by atoms with van der Waals surface area (Å²) in [5, 5.41) is 3.61. The number of ether oxygens (including phenoxy) is 1. The maximum absolute atomic E-state index is 12.5. The van der Waals surface area contributed by atoms with Crippen molar-refractivity contribution in [2.24, 2.45) is 5.73 Å². The van der Waals surface area contributed by atoms with E-state index in [1.165, 1.54) is 0 Å². The van der Waals surface area contributed by atoms with E-state index >= 15 is 0 Å². The van der Waals surface area contributed by atoms with Gasteiger partial charge < -0.3 is 34.7 Å². The minimum absolute atomic E-state index is 0.0242. The Morgan fingerprint density at radius 3 is 1.87 bits per heavy atom. The van der Waals surface area contributed by atoms with Crippen LogP contribution in [0.25, 0.3) is 22.1 Å². The molecule has 0 amide bonds. The molecule has 13 heteroatoms. The third-order valence-electron chi connectivity index (χ3n) is 10.8. The van der Waals surface area contributed by atoms with Gasteiger partial charge in [0.2, 0.25) is 0 Å². The van der Waals surface area contributed by atoms with E-state index in [0.717, 1.165) is 115 Å². The number of carbonyl (C=O) groups excluding carboxylic acids is 1. The molecule has 0 radical (unpaired) electrons. The average Bonchev–Trinajstić information content (AvgIpc) is 3.17. The predicted molar refractivity (Wildman–Crippen MR) is 210 cm³/mol. The van der Waals surface area contributed by atoms with Gasteiger partial charge >= 0.3 is 0 Å². The molecule has 284 valence electrons. The fourth-order valence-electron chi connectivity index (χ4n) is 7.55. The first-order valence-corrected chi connectivity index (χ1v) is 19.2. The molecule has 0 unspecified atom stereocenters. The zero-order chi connectivity index (χ0) is 37.6. The molecule has 54 heavy (non-hydrogen) atoms. The zero-order valence-corrected chi connectivity index (χ0v) is 31.4. The van der Waals surface area contributed by atoms with Crippen molar-refractivity contribution in [1.29, 1.82) is 0 Å². The molecule has 0 aliphatic carbocycles. The van der Waals surface area contributed by atoms with Crippen LogP contribution in [-0.2, 0) is 30.8 Å². The van der Waals surface area contributed by atoms with E-state index in [0.29, 0.717) is 38.1 Å². The van der Waals surface area contributed by atoms with Crippen molar-refractivity contribution >= 4 is 27.9 Å². The molecule has 13 nitrogen and oxygen atoms in total. The number of nitrogens with two attached hydrogens (primary N) is 1. The van der Waals surface area contributed by atoms with Crippen LogP contribution < -0.4 is 26.9 Å². The summed E-state index contributed by atoms with van der Waals surface area (Å²) in [5.74, 6) is 0.799. The number of piperidine rings is 2. The number of Topliss-reactive ketones (excluding diaryl/α,β-unsaturated/α-hetero) is 1. The molecule has 0 saturated carbocycles. The van der Waals surface area contributed by atoms with Crippen molar-refractivity contribution in [3.63, 3.8) is 0 Å². The van der Waals surface area contributed by atoms with E-state index in [2.05, 4.69) is 30.1 Å². The Kier molecular flexibility index (Phi) is 11.9. The van der Waals surface area contributed by atoms with Crippen molar-refractivity contribution in [3.8, 4) is 5.75 Å². The highest BCUT2D eigenvalue weighted by Gasteiger charge is 2.21. The van der Waals surface area contributed by atoms with Crippen LogP contribution in [0.4, 0.5) is 0 Å². The Morgan fingerprint density at radius 1 is 0.741 bits per heavy atom. The Balaban J connectivity index is 0.000000184. The Morgan fingerprint density at radius 2 is 1.30 bits per heavy atom. The first-order valence-electron chi connectivity index (χ1n) is 19.2. The molecule has 5 aromatic heterocycles. The summed E-state index contributed by atoms with van der Waals surface area (Å²) in [7, 11) is 0. The number of ketones is 1. The molecule has 8 rings (SSSR count). The highest BCUT2D eigenvalue weighted by atomic mass is 16.5. The lowest BCUT2D eigenvalue weighted by atomic mass is 10.0. The van der Waals surface area contributed by atoms with Crippen LogP contribution in [-0.4, -0.2) is 97.6 Å². The molecule has 0 spiro atoms. The van der Waals surface area contributed by atoms with Gasteiger partial charge in [-0.1, -0.05) is 0 Å². The van der Waals surface area contributed by atoms with Crippen LogP contribution in [0.2, 0.25) is 0 Å². The SMILES string of the molecule is Cc1cnc2ccc(=O)n(CCN3CCC(N)CC3)c2c1.Cc1cnc2ccc(=O)n(CCN3CCC(NCc4ccc5c(n4)CC(=O)CO5)CC3)c2c1. The van der Waals surface area contributed by atoms with Gasteiger partial charge in [-0.15, -0.1) is 0 Å². The molecule has 5 aromatic rings. The summed E-state index contributed by atoms with van der Waals surface area (Å²) >= 11 is 0. The van der Waals surface area contributed by atoms with E-state index < -0.39 is 0 Å². The van der Waals surface area contributed by atoms with Crippen molar-refractivity contribution in [2.45, 2.75) is 77.7 Å². The van der Waals surface area contributed by atoms with Crippen molar-refractivity contribution < 1.29 is 9.53 Å². The normalized spacial score (nSPS) is 17.3. The third kappa shape index (κ3) is 9.27. The highest BCUT2D eigenvalue weighted by Crippen LogP contribution is 2.22. The number of aryl methyl sites for hydroxylation is 2. The Bertz CT molecular complexity index is 2220. The molecule has 3 aliphatic rings. The molecular formula is C41H51N9O4. The molecule has 0 bridgehead atoms. The second-order valence-electron chi connectivity index (χ2n) is 14.9. The predicted octanol–water partition coefficient (Wildman–Crippen LogP) is 2.99. The average molecular weight is 734 g/mol. The third-order valence-corrected chi connectivity index (χ3v) is 10.8. The minimum Gasteiger partial charge on any atom is -0.484 e. The fraction of sp³-hybridized carbons (Fsp3) is 0.463. The summed E-state index contributed by atoms with van der Waals surface area (Å²) in [6, 6.07) is 15.6. The molecule has 2 saturated heterocycles. The second-order valence-corrected chi connectivity index (χ2v) is 14.9. The Labute approximate surface area is 315 Å². The number of hydrogen-bond donors (Lipinski definition) is 2. The number of likely N-dealkylation sites (tertiary alicyclic amines) is 2. The summed E-state index contributed by atoms with van der Waals surface area (Å²) in [6.07, 6.45) is 8.23. The number of pyridine rings is 5. The number of nitrogens with zero attached hydrogens (tertiary/aromatic N) is 7. The molecule has 3 N–H and O–H groups in total. The maximum atomic E-state index is 12.5. The van der Waals surface area contributed by atoms with Gasteiger partial charge in [0.05, 0.1) is 39.9 Å². The van der Waals surface area contributed by atoms with E-state index in [4.69, 9.17) is 10.5 Å². The van der Waals surface area contributed by atoms with Gasteiger partial charge in [-0.25, -0.2) is 0 Å². The van der Waals surface area contributed by atoms with Crippen molar-refractivity contribution in [1.82, 2.24) is 39.2 Å². The van der Waals surface area contributed by atoms with E-state index in [1.54, 1.807) is 24.3 Å². The van der Waals surface area contributed by atoms with Gasteiger partial charge in [0.15, 0.2) is 5.78 Å². The van der Waals surface area contributed by atoms with Crippen LogP contribution in [0.1, 0.15) is 48.2 Å². The fourth-order valence-corrected chi connectivity index (χ4v) is 7.55. The maximum Gasteiger partial charge on any atom is 0.251 e. The van der Waals surface area contributed by atoms with Gasteiger partial charge in [-0.05, 0) is 113 Å². The monoisotopic (exact) mass is 733 g/mol. The van der Waals surface area contributed by atoms with E-state index in [-0.39, 0.29) is 23.5 Å². The number of fused-ring (bicyclic) bond motifs is 3. The first kappa shape index (κ1) is 37.5. The molecule has 8 heterocycles. The lowest BCUT2D eigenvalue weighted by Gasteiger charge is -2.32. The number of carbonyl (C=O) groups is 1. The summed E-state index contributed by atoms with van der Waals surface area (Å²) in [4.78, 5) is 54.5. The van der Waals surface area contributed by atoms with E-state index in [1.807, 2.05) is 59.6 Å². The molecule has 3 aliphatic heterocycles. The molecular weight excluding hydrogens is 683 g/mol. The first-order chi connectivity index (χ1) is 26.2. The quantitative estimate of drug-likeness (QED) is 0.230. The molecule has 0 aromatic carbocycles. The smallest absolute Gasteiger partial charge is 0.251 e. The standard InChI is InChI=1S/C25H29N5O3.C16H22N4O/c1-17-12-23-21(27-14-17)3-5-25(32)30(23)11-10-29-8-6-18(7-9-29)26-15-19-2-4-24-22(28-19)13-20(31)16-33-24;1-12-10-15-14(18-11-12)2-3-16(21)20(15)9-8-19-6-4-13(17)5-7-19/h2-5,12,14,18,26H,6-11,13,15-16H2,1H3;2-3,10-11,13H,4-9,17H2,1H3. The molecule has 0 atom stereocenters. The van der Waals surface area contributed by atoms with Gasteiger partial charge in [-0.2, -0.15) is 0 Å². The van der Waals surface area contributed by atoms with Gasteiger partial charge in [0.25, 0.3) is 11.1 Å². The molecule has 2 fully saturated rings. The number of rotatable bonds is 9. The highest BCUT2D eigenvalue weighted by molar-refractivity contribution is 5.84. The van der Waals surface area contributed by atoms with Gasteiger partial charge in [0.1, 0.15) is 12.4 Å². The summed E-state index contributed by atoms with van der Waals surface area (Å²) in [6.45, 7) is 12.0. The van der Waals surface area contributed by atoms with Crippen LogP contribution in [0, 0.1) is 13.8 Å². The minimum atomic E-state index is 0.0242. The Hall–Kier alpha value is -4.82. The van der Waals surface area contributed by atoms with Crippen LogP contribution in [0.3, 0.4) is 0 Å². The largest absolute Gasteiger partial charge is 0.484 e. The van der Waals surface area contributed by atoms with Crippen LogP contribution in [0.15, 0.2) is 70.5 Å². The van der Waals surface area contributed by atoms with Gasteiger partial charge in [-0.3, -0.25) is 29.3 Å². The lowest BCUT2D eigenvalue weighted by Crippen LogP contribution is -2.43. The van der Waals surface area contributed by atoms with Crippen LogP contribution in [0.5, 0.6) is 5.75 Å². The zero-order valence-electron chi connectivity index (χ0n) is 31.4. The van der Waals surface area contributed by atoms with Crippen molar-refractivity contribution in [2.75, 3.05) is 45.9 Å². The van der Waals surface area contributed by atoms with Crippen molar-refractivity contribution in [3.05, 3.63) is 104 Å². The van der Waals surface area contributed by atoms with E-state index in [9.17, 15) is 14.4 Å². The summed E-state index contributed by atoms with van der Waals surface area (Å²) < 4.78 is 9.11. The topological polar surface area (TPSA) is 154 Å². The second kappa shape index (κ2) is 17.1. The number of hydrogen-bond acceptors (Lipinski definition) is 11. The number of nitrogens with one attached hydrogen (secondary N) is 1. The van der Waals surface area contributed by atoms with Crippen LogP contribution >= 0.6 is 0 Å². The summed E-state index contributed by atoms with van der Waals surface area (Å²) in [5.41, 5.74) is 13.4. The number of aromatic nitrogens is 5. The lowest BCUT2D eigenvalue weighted by molar-refractivity contribution is -0.121.